The normalized spacial score (nSPS) is 24.2. The number of rotatable bonds is 3. The van der Waals surface area contributed by atoms with Gasteiger partial charge in [0.15, 0.2) is 0 Å². The van der Waals surface area contributed by atoms with Gasteiger partial charge in [0.25, 0.3) is 0 Å². The highest BCUT2D eigenvalue weighted by Crippen LogP contribution is 2.32. The van der Waals surface area contributed by atoms with Crippen molar-refractivity contribution in [2.45, 2.75) is 31.2 Å². The zero-order valence-corrected chi connectivity index (χ0v) is 9.42. The average Bonchev–Trinajstić information content (AvgIpc) is 2.22. The second kappa shape index (κ2) is 4.56. The van der Waals surface area contributed by atoms with Crippen molar-refractivity contribution in [3.8, 4) is 0 Å². The van der Waals surface area contributed by atoms with Crippen LogP contribution in [0.1, 0.15) is 18.4 Å². The smallest absolute Gasteiger partial charge is 0.382 e. The summed E-state index contributed by atoms with van der Waals surface area (Å²) in [5.74, 6) is 0. The Kier molecular flexibility index (Phi) is 3.28. The van der Waals surface area contributed by atoms with E-state index in [1.54, 1.807) is 13.2 Å². The van der Waals surface area contributed by atoms with Crippen LogP contribution in [-0.4, -0.2) is 19.3 Å². The van der Waals surface area contributed by atoms with Gasteiger partial charge in [-0.1, -0.05) is 6.07 Å². The lowest BCUT2D eigenvalue weighted by atomic mass is 9.89. The largest absolute Gasteiger partial charge is 0.416 e. The molecule has 94 valence electrons. The maximum atomic E-state index is 12.5. The van der Waals surface area contributed by atoms with Gasteiger partial charge in [0.1, 0.15) is 0 Å². The van der Waals surface area contributed by atoms with Gasteiger partial charge in [-0.25, -0.2) is 0 Å². The Morgan fingerprint density at radius 2 is 2.00 bits per heavy atom. The summed E-state index contributed by atoms with van der Waals surface area (Å²) in [6.45, 7) is 0. The van der Waals surface area contributed by atoms with Gasteiger partial charge in [0.05, 0.1) is 11.7 Å². The molecule has 2 rings (SSSR count). The van der Waals surface area contributed by atoms with Gasteiger partial charge in [-0.15, -0.1) is 0 Å². The summed E-state index contributed by atoms with van der Waals surface area (Å²) in [5, 5.41) is 3.08. The van der Waals surface area contributed by atoms with E-state index in [4.69, 9.17) is 4.74 Å². The number of halogens is 3. The predicted octanol–water partition coefficient (Wildman–Crippen LogP) is 3.29. The summed E-state index contributed by atoms with van der Waals surface area (Å²) < 4.78 is 42.5. The van der Waals surface area contributed by atoms with Crippen molar-refractivity contribution in [2.75, 3.05) is 12.4 Å². The van der Waals surface area contributed by atoms with E-state index in [-0.39, 0.29) is 12.1 Å². The molecule has 1 fully saturated rings. The monoisotopic (exact) mass is 245 g/mol. The van der Waals surface area contributed by atoms with Crippen LogP contribution in [0.25, 0.3) is 0 Å². The third kappa shape index (κ3) is 2.91. The number of benzene rings is 1. The number of nitrogens with one attached hydrogen (secondary N) is 1. The molecule has 0 atom stereocenters. The first-order valence-electron chi connectivity index (χ1n) is 5.45. The molecule has 2 nitrogen and oxygen atoms in total. The molecule has 0 spiro atoms. The molecule has 1 aromatic carbocycles. The standard InChI is InChI=1S/C12H14F3NO/c1-17-11-6-10(7-11)16-9-4-2-3-8(5-9)12(13,14)15/h2-5,10-11,16H,6-7H2,1H3. The van der Waals surface area contributed by atoms with Crippen LogP contribution in [0.5, 0.6) is 0 Å². The first kappa shape index (κ1) is 12.2. The van der Waals surface area contributed by atoms with Crippen LogP contribution in [0.3, 0.4) is 0 Å². The minimum atomic E-state index is -4.29. The first-order chi connectivity index (χ1) is 7.99. The molecular formula is C12H14F3NO. The Labute approximate surface area is 97.8 Å². The molecule has 0 radical (unpaired) electrons. The van der Waals surface area contributed by atoms with Crippen molar-refractivity contribution >= 4 is 5.69 Å². The number of alkyl halides is 3. The number of anilines is 1. The van der Waals surface area contributed by atoms with E-state index in [1.165, 1.54) is 6.07 Å². The van der Waals surface area contributed by atoms with Crippen molar-refractivity contribution < 1.29 is 17.9 Å². The molecule has 17 heavy (non-hydrogen) atoms. The third-order valence-electron chi connectivity index (χ3n) is 2.99. The molecule has 0 amide bonds. The molecule has 1 aliphatic carbocycles. The molecule has 0 heterocycles. The van der Waals surface area contributed by atoms with E-state index in [0.717, 1.165) is 25.0 Å². The molecule has 0 aliphatic heterocycles. The summed E-state index contributed by atoms with van der Waals surface area (Å²) in [6, 6.07) is 5.49. The van der Waals surface area contributed by atoms with Crippen molar-refractivity contribution in [1.82, 2.24) is 0 Å². The minimum absolute atomic E-state index is 0.212. The Morgan fingerprint density at radius 1 is 1.29 bits per heavy atom. The summed E-state index contributed by atoms with van der Waals surface area (Å²) in [5.41, 5.74) is -0.107. The van der Waals surface area contributed by atoms with Crippen molar-refractivity contribution in [3.63, 3.8) is 0 Å². The molecule has 0 bridgehead atoms. The molecule has 1 aliphatic rings. The molecular weight excluding hydrogens is 231 g/mol. The Morgan fingerprint density at radius 3 is 2.59 bits per heavy atom. The SMILES string of the molecule is COC1CC(Nc2cccc(C(F)(F)F)c2)C1. The van der Waals surface area contributed by atoms with Crippen molar-refractivity contribution in [2.24, 2.45) is 0 Å². The van der Waals surface area contributed by atoms with Crippen LogP contribution in [0.2, 0.25) is 0 Å². The van der Waals surface area contributed by atoms with Crippen LogP contribution in [0.4, 0.5) is 18.9 Å². The Balaban J connectivity index is 1.98. The highest BCUT2D eigenvalue weighted by Gasteiger charge is 2.32. The van der Waals surface area contributed by atoms with Crippen LogP contribution < -0.4 is 5.32 Å². The topological polar surface area (TPSA) is 21.3 Å². The van der Waals surface area contributed by atoms with Crippen LogP contribution >= 0.6 is 0 Å². The summed E-state index contributed by atoms with van der Waals surface area (Å²) in [7, 11) is 1.64. The quantitative estimate of drug-likeness (QED) is 0.882. The molecule has 0 saturated heterocycles. The van der Waals surface area contributed by atoms with Crippen LogP contribution in [-0.2, 0) is 10.9 Å². The predicted molar refractivity (Wildman–Crippen MR) is 58.9 cm³/mol. The lowest BCUT2D eigenvalue weighted by Crippen LogP contribution is -2.40. The van der Waals surface area contributed by atoms with Crippen molar-refractivity contribution in [3.05, 3.63) is 29.8 Å². The number of ether oxygens (including phenoxy) is 1. The fourth-order valence-corrected chi connectivity index (χ4v) is 1.90. The van der Waals surface area contributed by atoms with E-state index >= 15 is 0 Å². The second-order valence-electron chi connectivity index (χ2n) is 4.25. The fourth-order valence-electron chi connectivity index (χ4n) is 1.90. The van der Waals surface area contributed by atoms with E-state index < -0.39 is 11.7 Å². The zero-order chi connectivity index (χ0) is 12.5. The highest BCUT2D eigenvalue weighted by atomic mass is 19.4. The molecule has 1 aromatic rings. The van der Waals surface area contributed by atoms with Crippen LogP contribution in [0.15, 0.2) is 24.3 Å². The maximum Gasteiger partial charge on any atom is 0.416 e. The molecule has 1 N–H and O–H groups in total. The number of hydrogen-bond acceptors (Lipinski definition) is 2. The van der Waals surface area contributed by atoms with E-state index in [2.05, 4.69) is 5.32 Å². The Bertz CT molecular complexity index is 386. The van der Waals surface area contributed by atoms with Gasteiger partial charge < -0.3 is 10.1 Å². The van der Waals surface area contributed by atoms with Crippen molar-refractivity contribution in [1.29, 1.82) is 0 Å². The number of hydrogen-bond donors (Lipinski definition) is 1. The van der Waals surface area contributed by atoms with Gasteiger partial charge in [-0.2, -0.15) is 13.2 Å². The average molecular weight is 245 g/mol. The number of methoxy groups -OCH3 is 1. The van der Waals surface area contributed by atoms with Gasteiger partial charge >= 0.3 is 6.18 Å². The van der Waals surface area contributed by atoms with E-state index in [0.29, 0.717) is 5.69 Å². The van der Waals surface area contributed by atoms with Gasteiger partial charge in [-0.3, -0.25) is 0 Å². The molecule has 1 saturated carbocycles. The highest BCUT2D eigenvalue weighted by molar-refractivity contribution is 5.47. The maximum absolute atomic E-state index is 12.5. The third-order valence-corrected chi connectivity index (χ3v) is 2.99. The first-order valence-corrected chi connectivity index (χ1v) is 5.45. The Hall–Kier alpha value is -1.23. The fraction of sp³-hybridized carbons (Fsp3) is 0.500. The van der Waals surface area contributed by atoms with E-state index in [9.17, 15) is 13.2 Å². The molecule has 0 unspecified atom stereocenters. The van der Waals surface area contributed by atoms with E-state index in [1.807, 2.05) is 0 Å². The zero-order valence-electron chi connectivity index (χ0n) is 9.42. The lowest BCUT2D eigenvalue weighted by molar-refractivity contribution is -0.137. The van der Waals surface area contributed by atoms with Gasteiger partial charge in [-0.05, 0) is 31.0 Å². The summed E-state index contributed by atoms with van der Waals surface area (Å²) >= 11 is 0. The molecule has 0 aromatic heterocycles. The van der Waals surface area contributed by atoms with Gasteiger partial charge in [0.2, 0.25) is 0 Å². The van der Waals surface area contributed by atoms with Gasteiger partial charge in [0, 0.05) is 18.8 Å². The summed E-state index contributed by atoms with van der Waals surface area (Å²) in [6.07, 6.45) is -2.37. The minimum Gasteiger partial charge on any atom is -0.382 e. The molecule has 5 heteroatoms. The second-order valence-corrected chi connectivity index (χ2v) is 4.25. The summed E-state index contributed by atoms with van der Waals surface area (Å²) in [4.78, 5) is 0. The van der Waals surface area contributed by atoms with Crippen LogP contribution in [0, 0.1) is 0 Å². The lowest BCUT2D eigenvalue weighted by Gasteiger charge is -2.35.